The van der Waals surface area contributed by atoms with Crippen LogP contribution in [0.5, 0.6) is 11.6 Å². The van der Waals surface area contributed by atoms with Gasteiger partial charge in [0.2, 0.25) is 11.8 Å². The zero-order valence-electron chi connectivity index (χ0n) is 9.58. The van der Waals surface area contributed by atoms with Crippen LogP contribution < -0.4 is 10.5 Å². The minimum absolute atomic E-state index is 0.0249. The van der Waals surface area contributed by atoms with Crippen LogP contribution in [0.25, 0.3) is 0 Å². The van der Waals surface area contributed by atoms with Gasteiger partial charge in [0.15, 0.2) is 5.69 Å². The van der Waals surface area contributed by atoms with Crippen LogP contribution in [0.15, 0.2) is 28.7 Å². The van der Waals surface area contributed by atoms with E-state index in [0.29, 0.717) is 10.5 Å². The summed E-state index contributed by atoms with van der Waals surface area (Å²) in [6, 6.07) is 4.11. The fourth-order valence-electron chi connectivity index (χ4n) is 1.35. The van der Waals surface area contributed by atoms with Crippen LogP contribution in [-0.2, 0) is 6.18 Å². The largest absolute Gasteiger partial charge is 0.439 e. The van der Waals surface area contributed by atoms with Crippen LogP contribution in [-0.4, -0.2) is 9.97 Å². The molecule has 0 spiro atoms. The SMILES string of the molecule is Nc1nc(Oc2cc(F)cc(Br)c2)cc(C(F)(F)F)n1. The van der Waals surface area contributed by atoms with E-state index in [0.717, 1.165) is 6.07 Å². The molecule has 0 unspecified atom stereocenters. The molecule has 2 rings (SSSR count). The number of hydrogen-bond donors (Lipinski definition) is 1. The van der Waals surface area contributed by atoms with Gasteiger partial charge in [-0.15, -0.1) is 0 Å². The first-order chi connectivity index (χ1) is 9.24. The van der Waals surface area contributed by atoms with E-state index in [1.54, 1.807) is 0 Å². The first-order valence-electron chi connectivity index (χ1n) is 5.10. The van der Waals surface area contributed by atoms with Gasteiger partial charge in [-0.1, -0.05) is 15.9 Å². The summed E-state index contributed by atoms with van der Waals surface area (Å²) in [5.74, 6) is -1.66. The van der Waals surface area contributed by atoms with Gasteiger partial charge in [-0.2, -0.15) is 18.2 Å². The van der Waals surface area contributed by atoms with E-state index in [1.807, 2.05) is 0 Å². The summed E-state index contributed by atoms with van der Waals surface area (Å²) in [6.07, 6.45) is -4.68. The standard InChI is InChI=1S/C11H6BrF4N3O/c12-5-1-6(13)3-7(2-5)20-9-4-8(11(14,15)16)18-10(17)19-9/h1-4H,(H2,17,18,19). The third-order valence-corrected chi connectivity index (χ3v) is 2.53. The van der Waals surface area contributed by atoms with Gasteiger partial charge in [-0.05, 0) is 12.1 Å². The van der Waals surface area contributed by atoms with Crippen molar-refractivity contribution in [1.29, 1.82) is 0 Å². The van der Waals surface area contributed by atoms with Gasteiger partial charge in [0.05, 0.1) is 0 Å². The molecule has 0 aliphatic carbocycles. The van der Waals surface area contributed by atoms with E-state index in [9.17, 15) is 17.6 Å². The molecule has 0 saturated carbocycles. The summed E-state index contributed by atoms with van der Waals surface area (Å²) >= 11 is 3.03. The molecule has 1 aromatic heterocycles. The Balaban J connectivity index is 2.36. The van der Waals surface area contributed by atoms with Gasteiger partial charge in [0, 0.05) is 16.6 Å². The Labute approximate surface area is 118 Å². The van der Waals surface area contributed by atoms with Crippen LogP contribution in [0, 0.1) is 5.82 Å². The maximum absolute atomic E-state index is 13.1. The number of nitrogens with zero attached hydrogens (tertiary/aromatic N) is 2. The van der Waals surface area contributed by atoms with E-state index in [1.165, 1.54) is 12.1 Å². The van der Waals surface area contributed by atoms with Crippen LogP contribution in [0.1, 0.15) is 5.69 Å². The van der Waals surface area contributed by atoms with Crippen LogP contribution in [0.4, 0.5) is 23.5 Å². The number of hydrogen-bond acceptors (Lipinski definition) is 4. The lowest BCUT2D eigenvalue weighted by Gasteiger charge is -2.09. The van der Waals surface area contributed by atoms with E-state index in [4.69, 9.17) is 10.5 Å². The van der Waals surface area contributed by atoms with Gasteiger partial charge < -0.3 is 10.5 Å². The second-order valence-electron chi connectivity index (χ2n) is 3.65. The van der Waals surface area contributed by atoms with Crippen molar-refractivity contribution >= 4 is 21.9 Å². The molecule has 0 radical (unpaired) electrons. The second-order valence-corrected chi connectivity index (χ2v) is 4.57. The fraction of sp³-hybridized carbons (Fsp3) is 0.0909. The Bertz CT molecular complexity index is 628. The molecule has 0 fully saturated rings. The molecule has 9 heteroatoms. The predicted octanol–water partition coefficient (Wildman–Crippen LogP) is 3.77. The van der Waals surface area contributed by atoms with Gasteiger partial charge >= 0.3 is 6.18 Å². The normalized spacial score (nSPS) is 11.4. The zero-order chi connectivity index (χ0) is 14.9. The van der Waals surface area contributed by atoms with Gasteiger partial charge in [-0.3, -0.25) is 0 Å². The van der Waals surface area contributed by atoms with Crippen molar-refractivity contribution in [1.82, 2.24) is 9.97 Å². The molecular weight excluding hydrogens is 346 g/mol. The number of rotatable bonds is 2. The molecule has 0 atom stereocenters. The van der Waals surface area contributed by atoms with E-state index >= 15 is 0 Å². The minimum Gasteiger partial charge on any atom is -0.439 e. The summed E-state index contributed by atoms with van der Waals surface area (Å²) in [7, 11) is 0. The minimum atomic E-state index is -4.68. The van der Waals surface area contributed by atoms with E-state index in [-0.39, 0.29) is 5.75 Å². The molecule has 0 aliphatic heterocycles. The third-order valence-electron chi connectivity index (χ3n) is 2.07. The monoisotopic (exact) mass is 351 g/mol. The Hall–Kier alpha value is -1.90. The number of aromatic nitrogens is 2. The van der Waals surface area contributed by atoms with Crippen molar-refractivity contribution in [2.75, 3.05) is 5.73 Å². The van der Waals surface area contributed by atoms with Crippen molar-refractivity contribution in [3.63, 3.8) is 0 Å². The topological polar surface area (TPSA) is 61.0 Å². The summed E-state index contributed by atoms with van der Waals surface area (Å²) in [5, 5.41) is 0. The van der Waals surface area contributed by atoms with Crippen molar-refractivity contribution < 1.29 is 22.3 Å². The number of nitrogens with two attached hydrogens (primary N) is 1. The molecule has 106 valence electrons. The molecule has 0 saturated heterocycles. The van der Waals surface area contributed by atoms with Gasteiger partial charge in [-0.25, -0.2) is 9.37 Å². The molecular formula is C11H6BrF4N3O. The molecule has 1 aromatic carbocycles. The molecule has 4 nitrogen and oxygen atoms in total. The van der Waals surface area contributed by atoms with Crippen molar-refractivity contribution in [3.05, 3.63) is 40.2 Å². The lowest BCUT2D eigenvalue weighted by molar-refractivity contribution is -0.141. The molecule has 0 aliphatic rings. The fourth-order valence-corrected chi connectivity index (χ4v) is 1.79. The summed E-state index contributed by atoms with van der Waals surface area (Å²) < 4.78 is 56.2. The molecule has 20 heavy (non-hydrogen) atoms. The number of nitrogen functional groups attached to an aromatic ring is 1. The molecule has 0 amide bonds. The second kappa shape index (κ2) is 5.23. The van der Waals surface area contributed by atoms with E-state index < -0.39 is 29.5 Å². The Morgan fingerprint density at radius 3 is 2.40 bits per heavy atom. The lowest BCUT2D eigenvalue weighted by atomic mass is 10.3. The first-order valence-corrected chi connectivity index (χ1v) is 5.89. The molecule has 2 aromatic rings. The van der Waals surface area contributed by atoms with Crippen LogP contribution >= 0.6 is 15.9 Å². The molecule has 1 heterocycles. The van der Waals surface area contributed by atoms with Crippen LogP contribution in [0.3, 0.4) is 0 Å². The highest BCUT2D eigenvalue weighted by Crippen LogP contribution is 2.31. The van der Waals surface area contributed by atoms with Gasteiger partial charge in [0.25, 0.3) is 0 Å². The summed E-state index contributed by atoms with van der Waals surface area (Å²) in [4.78, 5) is 6.57. The summed E-state index contributed by atoms with van der Waals surface area (Å²) in [5.41, 5.74) is 3.94. The number of alkyl halides is 3. The Morgan fingerprint density at radius 1 is 1.10 bits per heavy atom. The smallest absolute Gasteiger partial charge is 0.433 e. The van der Waals surface area contributed by atoms with Crippen molar-refractivity contribution in [3.8, 4) is 11.6 Å². The first kappa shape index (κ1) is 14.5. The van der Waals surface area contributed by atoms with Crippen molar-refractivity contribution in [2.45, 2.75) is 6.18 Å². The molecule has 2 N–H and O–H groups in total. The number of benzene rings is 1. The lowest BCUT2D eigenvalue weighted by Crippen LogP contribution is -2.11. The maximum Gasteiger partial charge on any atom is 0.433 e. The zero-order valence-corrected chi connectivity index (χ0v) is 11.2. The number of anilines is 1. The van der Waals surface area contributed by atoms with Crippen molar-refractivity contribution in [2.24, 2.45) is 0 Å². The highest BCUT2D eigenvalue weighted by Gasteiger charge is 2.33. The number of halogens is 5. The Kier molecular flexibility index (Phi) is 3.80. The summed E-state index contributed by atoms with van der Waals surface area (Å²) in [6.45, 7) is 0. The quantitative estimate of drug-likeness (QED) is 0.836. The molecule has 0 bridgehead atoms. The highest BCUT2D eigenvalue weighted by molar-refractivity contribution is 9.10. The average Bonchev–Trinajstić information content (AvgIpc) is 2.25. The maximum atomic E-state index is 13.1. The average molecular weight is 352 g/mol. The Morgan fingerprint density at radius 2 is 1.80 bits per heavy atom. The number of ether oxygens (including phenoxy) is 1. The predicted molar refractivity (Wildman–Crippen MR) is 65.6 cm³/mol. The van der Waals surface area contributed by atoms with Gasteiger partial charge in [0.1, 0.15) is 11.6 Å². The van der Waals surface area contributed by atoms with E-state index in [2.05, 4.69) is 25.9 Å². The van der Waals surface area contributed by atoms with Crippen LogP contribution in [0.2, 0.25) is 0 Å². The highest BCUT2D eigenvalue weighted by atomic mass is 79.9. The third kappa shape index (κ3) is 3.56.